The second-order valence-corrected chi connectivity index (χ2v) is 5.86. The molecule has 1 N–H and O–H groups in total. The molecule has 2 nitrogen and oxygen atoms in total. The van der Waals surface area contributed by atoms with Crippen LogP contribution in [0.25, 0.3) is 0 Å². The third kappa shape index (κ3) is 6.42. The molecule has 1 heterocycles. The van der Waals surface area contributed by atoms with Gasteiger partial charge in [0, 0.05) is 31.4 Å². The molecule has 0 radical (unpaired) electrons. The van der Waals surface area contributed by atoms with Gasteiger partial charge in [-0.15, -0.1) is 24.8 Å². The van der Waals surface area contributed by atoms with Crippen molar-refractivity contribution in [1.29, 1.82) is 0 Å². The van der Waals surface area contributed by atoms with Gasteiger partial charge in [0.1, 0.15) is 0 Å². The van der Waals surface area contributed by atoms with Gasteiger partial charge in [0.2, 0.25) is 0 Å². The van der Waals surface area contributed by atoms with E-state index in [0.717, 1.165) is 6.42 Å². The summed E-state index contributed by atoms with van der Waals surface area (Å²) in [6.07, 6.45) is 3.64. The number of rotatable bonds is 5. The van der Waals surface area contributed by atoms with Crippen LogP contribution in [-0.4, -0.2) is 30.6 Å². The normalized spacial score (nSPS) is 15.3. The molecule has 0 spiro atoms. The number of nitrogens with one attached hydrogen (secondary N) is 1. The molecule has 4 heteroatoms. The number of benzene rings is 2. The maximum Gasteiger partial charge on any atom is 0.0342 e. The molecule has 2 aromatic rings. The Hall–Kier alpha value is -1.22. The van der Waals surface area contributed by atoms with E-state index in [1.54, 1.807) is 0 Å². The molecule has 0 amide bonds. The lowest BCUT2D eigenvalue weighted by molar-refractivity contribution is 0.221. The Morgan fingerprint density at radius 2 is 1.39 bits per heavy atom. The highest BCUT2D eigenvalue weighted by atomic mass is 35.5. The van der Waals surface area contributed by atoms with Crippen molar-refractivity contribution in [1.82, 2.24) is 4.90 Å². The van der Waals surface area contributed by atoms with Gasteiger partial charge >= 0.3 is 0 Å². The van der Waals surface area contributed by atoms with Gasteiger partial charge in [-0.25, -0.2) is 0 Å². The van der Waals surface area contributed by atoms with Gasteiger partial charge in [-0.2, -0.15) is 0 Å². The zero-order valence-corrected chi connectivity index (χ0v) is 15.0. The Labute approximate surface area is 152 Å². The molecule has 0 bridgehead atoms. The van der Waals surface area contributed by atoms with E-state index in [1.807, 2.05) is 0 Å². The number of anilines is 1. The first-order chi connectivity index (χ1) is 10.4. The Morgan fingerprint density at radius 3 is 2.00 bits per heavy atom. The van der Waals surface area contributed by atoms with Gasteiger partial charge in [0.25, 0.3) is 0 Å². The molecule has 1 saturated heterocycles. The summed E-state index contributed by atoms with van der Waals surface area (Å²) in [4.78, 5) is 2.59. The van der Waals surface area contributed by atoms with E-state index in [4.69, 9.17) is 0 Å². The fourth-order valence-corrected chi connectivity index (χ4v) is 3.00. The molecule has 1 fully saturated rings. The van der Waals surface area contributed by atoms with Crippen molar-refractivity contribution in [2.24, 2.45) is 0 Å². The molecular formula is C19H26Cl2N2. The van der Waals surface area contributed by atoms with Crippen LogP contribution in [0.2, 0.25) is 0 Å². The van der Waals surface area contributed by atoms with Gasteiger partial charge in [0.05, 0.1) is 0 Å². The Balaban J connectivity index is 0.00000132. The lowest BCUT2D eigenvalue weighted by Crippen LogP contribution is -2.40. The summed E-state index contributed by atoms with van der Waals surface area (Å²) in [5, 5.41) is 3.65. The van der Waals surface area contributed by atoms with Crippen LogP contribution < -0.4 is 5.32 Å². The summed E-state index contributed by atoms with van der Waals surface area (Å²) >= 11 is 0. The summed E-state index contributed by atoms with van der Waals surface area (Å²) < 4.78 is 0. The zero-order valence-electron chi connectivity index (χ0n) is 13.4. The third-order valence-corrected chi connectivity index (χ3v) is 4.29. The minimum atomic E-state index is 0. The van der Waals surface area contributed by atoms with Crippen LogP contribution in [-0.2, 0) is 6.42 Å². The summed E-state index contributed by atoms with van der Waals surface area (Å²) in [7, 11) is 0. The minimum absolute atomic E-state index is 0. The second kappa shape index (κ2) is 10.5. The van der Waals surface area contributed by atoms with Crippen LogP contribution in [0.3, 0.4) is 0 Å². The predicted octanol–water partition coefficient (Wildman–Crippen LogP) is 4.65. The number of hydrogen-bond donors (Lipinski definition) is 1. The van der Waals surface area contributed by atoms with Gasteiger partial charge in [-0.05, 0) is 37.0 Å². The van der Waals surface area contributed by atoms with E-state index in [0.29, 0.717) is 6.04 Å². The molecule has 1 aliphatic heterocycles. The van der Waals surface area contributed by atoms with Crippen molar-refractivity contribution in [3.05, 3.63) is 66.2 Å². The van der Waals surface area contributed by atoms with E-state index in [-0.39, 0.29) is 24.8 Å². The topological polar surface area (TPSA) is 15.3 Å². The first-order valence-electron chi connectivity index (χ1n) is 7.98. The van der Waals surface area contributed by atoms with Crippen LogP contribution in [0.5, 0.6) is 0 Å². The van der Waals surface area contributed by atoms with Crippen molar-refractivity contribution >= 4 is 30.5 Å². The molecule has 23 heavy (non-hydrogen) atoms. The lowest BCUT2D eigenvalue weighted by atomic mass is 10.0. The van der Waals surface area contributed by atoms with Crippen LogP contribution in [0.1, 0.15) is 18.4 Å². The molecule has 0 aliphatic carbocycles. The molecule has 126 valence electrons. The van der Waals surface area contributed by atoms with Crippen LogP contribution in [0, 0.1) is 0 Å². The van der Waals surface area contributed by atoms with Crippen molar-refractivity contribution in [2.75, 3.05) is 25.0 Å². The fraction of sp³-hybridized carbons (Fsp3) is 0.368. The first-order valence-corrected chi connectivity index (χ1v) is 7.98. The fourth-order valence-electron chi connectivity index (χ4n) is 3.00. The van der Waals surface area contributed by atoms with E-state index >= 15 is 0 Å². The van der Waals surface area contributed by atoms with E-state index < -0.39 is 0 Å². The van der Waals surface area contributed by atoms with E-state index in [1.165, 1.54) is 43.7 Å². The summed E-state index contributed by atoms with van der Waals surface area (Å²) in [6, 6.07) is 22.0. The highest BCUT2D eigenvalue weighted by Crippen LogP contribution is 2.16. The average Bonchev–Trinajstić information content (AvgIpc) is 2.56. The second-order valence-electron chi connectivity index (χ2n) is 5.86. The Morgan fingerprint density at radius 1 is 0.826 bits per heavy atom. The number of piperidine rings is 1. The highest BCUT2D eigenvalue weighted by Gasteiger charge is 2.18. The standard InChI is InChI=1S/C19H24N2.2ClH/c1-3-7-17(8-4-1)11-14-21-15-12-19(13-16-21)20-18-9-5-2-6-10-18;;/h1-10,19-20H,11-16H2;2*1H. The smallest absolute Gasteiger partial charge is 0.0342 e. The summed E-state index contributed by atoms with van der Waals surface area (Å²) in [5.74, 6) is 0. The molecule has 0 atom stereocenters. The first kappa shape index (κ1) is 19.8. The number of likely N-dealkylation sites (tertiary alicyclic amines) is 1. The summed E-state index contributed by atoms with van der Waals surface area (Å²) in [5.41, 5.74) is 2.70. The molecular weight excluding hydrogens is 327 g/mol. The molecule has 3 rings (SSSR count). The average molecular weight is 353 g/mol. The van der Waals surface area contributed by atoms with Gasteiger partial charge < -0.3 is 10.2 Å². The molecule has 0 saturated carbocycles. The summed E-state index contributed by atoms with van der Waals surface area (Å²) in [6.45, 7) is 3.59. The van der Waals surface area contributed by atoms with E-state index in [9.17, 15) is 0 Å². The maximum atomic E-state index is 3.65. The van der Waals surface area contributed by atoms with Crippen molar-refractivity contribution in [3.8, 4) is 0 Å². The van der Waals surface area contributed by atoms with Crippen LogP contribution in [0.15, 0.2) is 60.7 Å². The predicted molar refractivity (Wildman–Crippen MR) is 104 cm³/mol. The molecule has 0 unspecified atom stereocenters. The number of halogens is 2. The Bertz CT molecular complexity index is 526. The third-order valence-electron chi connectivity index (χ3n) is 4.29. The molecule has 1 aliphatic rings. The number of nitrogens with zero attached hydrogens (tertiary/aromatic N) is 1. The van der Waals surface area contributed by atoms with Gasteiger partial charge in [-0.3, -0.25) is 0 Å². The quantitative estimate of drug-likeness (QED) is 0.842. The molecule has 0 aromatic heterocycles. The number of para-hydroxylation sites is 1. The SMILES string of the molecule is Cl.Cl.c1ccc(CCN2CCC(Nc3ccccc3)CC2)cc1. The maximum absolute atomic E-state index is 3.65. The van der Waals surface area contributed by atoms with E-state index in [2.05, 4.69) is 70.9 Å². The van der Waals surface area contributed by atoms with Crippen molar-refractivity contribution < 1.29 is 0 Å². The highest BCUT2D eigenvalue weighted by molar-refractivity contribution is 5.85. The van der Waals surface area contributed by atoms with Gasteiger partial charge in [-0.1, -0.05) is 48.5 Å². The zero-order chi connectivity index (χ0) is 14.3. The largest absolute Gasteiger partial charge is 0.382 e. The van der Waals surface area contributed by atoms with Crippen molar-refractivity contribution in [3.63, 3.8) is 0 Å². The monoisotopic (exact) mass is 352 g/mol. The van der Waals surface area contributed by atoms with Crippen LogP contribution >= 0.6 is 24.8 Å². The Kier molecular flexibility index (Phi) is 9.08. The lowest BCUT2D eigenvalue weighted by Gasteiger charge is -2.32. The van der Waals surface area contributed by atoms with Crippen LogP contribution in [0.4, 0.5) is 5.69 Å². The van der Waals surface area contributed by atoms with Crippen molar-refractivity contribution in [2.45, 2.75) is 25.3 Å². The number of hydrogen-bond acceptors (Lipinski definition) is 2. The van der Waals surface area contributed by atoms with Gasteiger partial charge in [0.15, 0.2) is 0 Å². The molecule has 2 aromatic carbocycles. The minimum Gasteiger partial charge on any atom is -0.382 e.